The molecule has 1 aromatic rings. The first kappa shape index (κ1) is 16.8. The van der Waals surface area contributed by atoms with E-state index in [1.54, 1.807) is 0 Å². The summed E-state index contributed by atoms with van der Waals surface area (Å²) in [5.74, 6) is 4.22. The molecular formula is C10H15N5O5S. The number of hydrazine groups is 1. The van der Waals surface area contributed by atoms with Crippen molar-refractivity contribution in [3.05, 3.63) is 28.3 Å². The molecule has 11 heteroatoms. The number of benzene rings is 1. The molecule has 0 saturated carbocycles. The molecule has 0 heterocycles. The van der Waals surface area contributed by atoms with Crippen LogP contribution in [-0.4, -0.2) is 24.8 Å². The van der Waals surface area contributed by atoms with Gasteiger partial charge < -0.3 is 11.2 Å². The normalized spacial score (nSPS) is 12.0. The zero-order chi connectivity index (χ0) is 16.4. The molecule has 1 amide bonds. The largest absolute Gasteiger partial charge is 0.368 e. The molecule has 21 heavy (non-hydrogen) atoms. The molecule has 0 fully saturated rings. The van der Waals surface area contributed by atoms with Crippen LogP contribution in [0.5, 0.6) is 0 Å². The lowest BCUT2D eigenvalue weighted by Crippen LogP contribution is -2.52. The van der Waals surface area contributed by atoms with Crippen LogP contribution in [0, 0.1) is 10.1 Å². The van der Waals surface area contributed by atoms with Gasteiger partial charge in [0.1, 0.15) is 11.2 Å². The van der Waals surface area contributed by atoms with Gasteiger partial charge in [0.15, 0.2) is 0 Å². The van der Waals surface area contributed by atoms with Gasteiger partial charge in [-0.15, -0.1) is 0 Å². The van der Waals surface area contributed by atoms with Gasteiger partial charge in [0.05, 0.1) is 9.82 Å². The summed E-state index contributed by atoms with van der Waals surface area (Å²) < 4.78 is 26.3. The zero-order valence-corrected chi connectivity index (χ0v) is 12.1. The number of anilines is 1. The highest BCUT2D eigenvalue weighted by Crippen LogP contribution is 2.27. The molecular weight excluding hydrogens is 302 g/mol. The quantitative estimate of drug-likeness (QED) is 0.309. The Balaban J connectivity index is 3.30. The highest BCUT2D eigenvalue weighted by Gasteiger charge is 2.32. The van der Waals surface area contributed by atoms with Gasteiger partial charge in [0, 0.05) is 6.07 Å². The lowest BCUT2D eigenvalue weighted by atomic mass is 10.1. The van der Waals surface area contributed by atoms with Crippen LogP contribution in [0.15, 0.2) is 23.1 Å². The number of nitrogens with one attached hydrogen (secondary N) is 2. The molecule has 0 radical (unpaired) electrons. The molecule has 6 N–H and O–H groups in total. The molecule has 116 valence electrons. The van der Waals surface area contributed by atoms with E-state index in [1.165, 1.54) is 13.8 Å². The van der Waals surface area contributed by atoms with Gasteiger partial charge in [0.25, 0.3) is 5.69 Å². The van der Waals surface area contributed by atoms with Gasteiger partial charge in [0.2, 0.25) is 15.9 Å². The second kappa shape index (κ2) is 5.63. The monoisotopic (exact) mass is 317 g/mol. The Morgan fingerprint density at radius 2 is 1.95 bits per heavy atom. The lowest BCUT2D eigenvalue weighted by Gasteiger charge is -2.22. The minimum absolute atomic E-state index is 0.0480. The number of rotatable bonds is 6. The minimum atomic E-state index is -4.17. The standard InChI is InChI=1S/C10H15N5O5S/c1-10(2,9(11)16)14-21(19,20)6-3-4-7(13-12)8(5-6)15(17)18/h3-5,13-14H,12H2,1-2H3,(H2,11,16). The second-order valence-electron chi connectivity index (χ2n) is 4.68. The number of nitro groups is 1. The van der Waals surface area contributed by atoms with Crippen LogP contribution < -0.4 is 21.7 Å². The third-order valence-electron chi connectivity index (χ3n) is 2.64. The van der Waals surface area contributed by atoms with Gasteiger partial charge in [-0.1, -0.05) is 0 Å². The summed E-state index contributed by atoms with van der Waals surface area (Å²) in [7, 11) is -4.17. The average molecular weight is 317 g/mol. The highest BCUT2D eigenvalue weighted by atomic mass is 32.2. The Hall–Kier alpha value is -2.24. The van der Waals surface area contributed by atoms with Crippen molar-refractivity contribution in [1.29, 1.82) is 0 Å². The van der Waals surface area contributed by atoms with E-state index in [0.29, 0.717) is 0 Å². The number of hydrogen-bond donors (Lipinski definition) is 4. The van der Waals surface area contributed by atoms with Crippen molar-refractivity contribution in [3.63, 3.8) is 0 Å². The fourth-order valence-electron chi connectivity index (χ4n) is 1.40. The molecule has 0 aliphatic carbocycles. The Bertz CT molecular complexity index is 685. The Kier molecular flexibility index (Phi) is 4.51. The van der Waals surface area contributed by atoms with Crippen molar-refractivity contribution in [1.82, 2.24) is 4.72 Å². The van der Waals surface area contributed by atoms with Gasteiger partial charge in [-0.3, -0.25) is 20.8 Å². The van der Waals surface area contributed by atoms with E-state index < -0.39 is 32.1 Å². The van der Waals surface area contributed by atoms with Crippen molar-refractivity contribution in [2.45, 2.75) is 24.3 Å². The van der Waals surface area contributed by atoms with E-state index in [9.17, 15) is 23.3 Å². The predicted molar refractivity (Wildman–Crippen MR) is 74.5 cm³/mol. The van der Waals surface area contributed by atoms with Crippen LogP contribution >= 0.6 is 0 Å². The van der Waals surface area contributed by atoms with Gasteiger partial charge in [-0.25, -0.2) is 8.42 Å². The molecule has 0 aliphatic rings. The zero-order valence-electron chi connectivity index (χ0n) is 11.3. The molecule has 0 spiro atoms. The molecule has 0 saturated heterocycles. The maximum Gasteiger partial charge on any atom is 0.294 e. The molecule has 0 aliphatic heterocycles. The van der Waals surface area contributed by atoms with Crippen LogP contribution in [0.25, 0.3) is 0 Å². The number of hydrogen-bond acceptors (Lipinski definition) is 7. The van der Waals surface area contributed by atoms with Crippen LogP contribution in [0.3, 0.4) is 0 Å². The fourth-order valence-corrected chi connectivity index (χ4v) is 2.80. The summed E-state index contributed by atoms with van der Waals surface area (Å²) in [5.41, 5.74) is 5.06. The molecule has 0 bridgehead atoms. The lowest BCUT2D eigenvalue weighted by molar-refractivity contribution is -0.384. The number of nitrogen functional groups attached to an aromatic ring is 1. The Labute approximate surface area is 120 Å². The Morgan fingerprint density at radius 3 is 2.38 bits per heavy atom. The van der Waals surface area contributed by atoms with E-state index in [0.717, 1.165) is 18.2 Å². The van der Waals surface area contributed by atoms with Crippen LogP contribution in [0.1, 0.15) is 13.8 Å². The number of carbonyl (C=O) groups is 1. The number of amides is 1. The van der Waals surface area contributed by atoms with Crippen molar-refractivity contribution >= 4 is 27.3 Å². The SMILES string of the molecule is CC(C)(NS(=O)(=O)c1ccc(NN)c([N+](=O)[O-])c1)C(N)=O. The summed E-state index contributed by atoms with van der Waals surface area (Å²) in [6, 6.07) is 3.08. The fraction of sp³-hybridized carbons (Fsp3) is 0.300. The molecule has 10 nitrogen and oxygen atoms in total. The summed E-state index contributed by atoms with van der Waals surface area (Å²) in [6.07, 6.45) is 0. The maximum atomic E-state index is 12.1. The van der Waals surface area contributed by atoms with E-state index >= 15 is 0 Å². The number of nitro benzene ring substituents is 1. The minimum Gasteiger partial charge on any atom is -0.368 e. The average Bonchev–Trinajstić information content (AvgIpc) is 2.36. The number of nitrogens with two attached hydrogens (primary N) is 2. The first-order chi connectivity index (χ1) is 9.51. The third kappa shape index (κ3) is 3.65. The maximum absolute atomic E-state index is 12.1. The summed E-state index contributed by atoms with van der Waals surface area (Å²) in [4.78, 5) is 20.9. The molecule has 1 aromatic carbocycles. The van der Waals surface area contributed by atoms with Crippen molar-refractivity contribution in [2.75, 3.05) is 5.43 Å². The van der Waals surface area contributed by atoms with Crippen LogP contribution in [0.2, 0.25) is 0 Å². The van der Waals surface area contributed by atoms with Gasteiger partial charge in [-0.2, -0.15) is 4.72 Å². The van der Waals surface area contributed by atoms with E-state index in [-0.39, 0.29) is 10.6 Å². The van der Waals surface area contributed by atoms with Gasteiger partial charge >= 0.3 is 0 Å². The van der Waals surface area contributed by atoms with Crippen molar-refractivity contribution in [3.8, 4) is 0 Å². The van der Waals surface area contributed by atoms with Crippen LogP contribution in [-0.2, 0) is 14.8 Å². The molecule has 1 rings (SSSR count). The van der Waals surface area contributed by atoms with E-state index in [2.05, 4.69) is 10.1 Å². The summed E-state index contributed by atoms with van der Waals surface area (Å²) in [5, 5.41) is 10.9. The summed E-state index contributed by atoms with van der Waals surface area (Å²) >= 11 is 0. The smallest absolute Gasteiger partial charge is 0.294 e. The van der Waals surface area contributed by atoms with E-state index in [4.69, 9.17) is 11.6 Å². The molecule has 0 aromatic heterocycles. The third-order valence-corrected chi connectivity index (χ3v) is 4.29. The second-order valence-corrected chi connectivity index (χ2v) is 6.36. The number of sulfonamides is 1. The van der Waals surface area contributed by atoms with E-state index in [1.807, 2.05) is 0 Å². The van der Waals surface area contributed by atoms with Gasteiger partial charge in [-0.05, 0) is 26.0 Å². The number of nitrogens with zero attached hydrogens (tertiary/aromatic N) is 1. The predicted octanol–water partition coefficient (Wildman–Crippen LogP) is -0.577. The summed E-state index contributed by atoms with van der Waals surface area (Å²) in [6.45, 7) is 2.55. The molecule has 0 unspecified atom stereocenters. The van der Waals surface area contributed by atoms with Crippen LogP contribution in [0.4, 0.5) is 11.4 Å². The first-order valence-electron chi connectivity index (χ1n) is 5.60. The van der Waals surface area contributed by atoms with Crippen molar-refractivity contribution < 1.29 is 18.1 Å². The highest BCUT2D eigenvalue weighted by molar-refractivity contribution is 7.89. The van der Waals surface area contributed by atoms with Crippen molar-refractivity contribution in [2.24, 2.45) is 11.6 Å². The number of primary amides is 1. The first-order valence-corrected chi connectivity index (χ1v) is 7.08. The Morgan fingerprint density at radius 1 is 1.38 bits per heavy atom. The topological polar surface area (TPSA) is 170 Å². The number of carbonyl (C=O) groups excluding carboxylic acids is 1. The molecule has 0 atom stereocenters.